The molecule has 0 aliphatic rings. The van der Waals surface area contributed by atoms with Crippen LogP contribution in [0, 0.1) is 3.57 Å². The third-order valence-corrected chi connectivity index (χ3v) is 5.18. The van der Waals surface area contributed by atoms with Crippen LogP contribution in [0.15, 0.2) is 77.2 Å². The van der Waals surface area contributed by atoms with Gasteiger partial charge in [-0.25, -0.2) is 0 Å². The van der Waals surface area contributed by atoms with Crippen molar-refractivity contribution in [1.29, 1.82) is 0 Å². The van der Waals surface area contributed by atoms with Gasteiger partial charge in [-0.3, -0.25) is 4.79 Å². The minimum atomic E-state index is 0.700. The zero-order valence-electron chi connectivity index (χ0n) is 13.4. The fourth-order valence-corrected chi connectivity index (χ4v) is 3.60. The van der Waals surface area contributed by atoms with Crippen LogP contribution < -0.4 is 0 Å². The molecule has 0 bridgehead atoms. The average molecular weight is 438 g/mol. The number of carbonyl (C=O) groups excluding carboxylic acids is 1. The number of aldehydes is 1. The second-order valence-electron chi connectivity index (χ2n) is 6.00. The predicted octanol–water partition coefficient (Wildman–Crippen LogP) is 6.11. The molecule has 0 aliphatic carbocycles. The van der Waals surface area contributed by atoms with Crippen molar-refractivity contribution in [3.05, 3.63) is 93.1 Å². The van der Waals surface area contributed by atoms with Gasteiger partial charge in [0.1, 0.15) is 11.3 Å². The summed E-state index contributed by atoms with van der Waals surface area (Å²) in [5.74, 6) is 0.822. The Morgan fingerprint density at radius 3 is 2.48 bits per heavy atom. The molecule has 0 radical (unpaired) electrons. The number of halogens is 1. The van der Waals surface area contributed by atoms with Crippen molar-refractivity contribution in [2.45, 2.75) is 6.42 Å². The molecular formula is C22H15IO2. The van der Waals surface area contributed by atoms with E-state index in [1.807, 2.05) is 30.3 Å². The molecule has 1 heterocycles. The van der Waals surface area contributed by atoms with E-state index in [2.05, 4.69) is 65.1 Å². The number of hydrogen-bond acceptors (Lipinski definition) is 2. The van der Waals surface area contributed by atoms with E-state index in [-0.39, 0.29) is 0 Å². The van der Waals surface area contributed by atoms with E-state index in [1.165, 1.54) is 11.1 Å². The highest BCUT2D eigenvalue weighted by Crippen LogP contribution is 2.30. The molecule has 25 heavy (non-hydrogen) atoms. The van der Waals surface area contributed by atoms with Crippen molar-refractivity contribution in [1.82, 2.24) is 0 Å². The van der Waals surface area contributed by atoms with Crippen LogP contribution in [0.4, 0.5) is 0 Å². The van der Waals surface area contributed by atoms with Gasteiger partial charge in [0, 0.05) is 20.1 Å². The maximum absolute atomic E-state index is 11.0. The summed E-state index contributed by atoms with van der Waals surface area (Å²) < 4.78 is 6.92. The standard InChI is InChI=1S/C22H15IO2/c23-20-12-17(7-8-18(20)14-24)22-13-19-11-16(6-9-21(19)25-22)10-15-4-2-1-3-5-15/h1-9,11-14H,10H2. The normalized spacial score (nSPS) is 10.9. The Balaban J connectivity index is 1.68. The molecule has 0 saturated carbocycles. The lowest BCUT2D eigenvalue weighted by molar-refractivity contribution is 0.112. The van der Waals surface area contributed by atoms with Gasteiger partial charge in [-0.05, 0) is 70.5 Å². The van der Waals surface area contributed by atoms with E-state index in [0.717, 1.165) is 38.6 Å². The van der Waals surface area contributed by atoms with Crippen molar-refractivity contribution in [3.8, 4) is 11.3 Å². The minimum absolute atomic E-state index is 0.700. The van der Waals surface area contributed by atoms with Gasteiger partial charge >= 0.3 is 0 Å². The molecule has 1 aromatic heterocycles. The Hall–Kier alpha value is -2.40. The summed E-state index contributed by atoms with van der Waals surface area (Å²) in [7, 11) is 0. The van der Waals surface area contributed by atoms with Gasteiger partial charge in [0.25, 0.3) is 0 Å². The number of carbonyl (C=O) groups is 1. The smallest absolute Gasteiger partial charge is 0.151 e. The maximum Gasteiger partial charge on any atom is 0.151 e. The summed E-state index contributed by atoms with van der Waals surface area (Å²) in [6.45, 7) is 0. The number of furan rings is 1. The average Bonchev–Trinajstić information content (AvgIpc) is 3.06. The lowest BCUT2D eigenvalue weighted by Crippen LogP contribution is -1.86. The topological polar surface area (TPSA) is 30.2 Å². The van der Waals surface area contributed by atoms with Gasteiger partial charge in [-0.2, -0.15) is 0 Å². The lowest BCUT2D eigenvalue weighted by atomic mass is 10.0. The molecule has 0 aliphatic heterocycles. The monoisotopic (exact) mass is 438 g/mol. The molecule has 0 N–H and O–H groups in total. The number of rotatable bonds is 4. The first-order valence-electron chi connectivity index (χ1n) is 8.04. The third kappa shape index (κ3) is 3.37. The summed E-state index contributed by atoms with van der Waals surface area (Å²) in [5.41, 5.74) is 5.12. The van der Waals surface area contributed by atoms with Crippen LogP contribution in [0.3, 0.4) is 0 Å². The first-order valence-corrected chi connectivity index (χ1v) is 9.12. The third-order valence-electron chi connectivity index (χ3n) is 4.24. The second-order valence-corrected chi connectivity index (χ2v) is 7.16. The molecule has 0 amide bonds. The summed E-state index contributed by atoms with van der Waals surface area (Å²) in [6, 6.07) is 24.6. The van der Waals surface area contributed by atoms with Crippen molar-refractivity contribution in [2.75, 3.05) is 0 Å². The van der Waals surface area contributed by atoms with Gasteiger partial charge in [0.15, 0.2) is 6.29 Å². The lowest BCUT2D eigenvalue weighted by Gasteiger charge is -2.01. The van der Waals surface area contributed by atoms with Crippen LogP contribution in [0.2, 0.25) is 0 Å². The molecule has 0 spiro atoms. The van der Waals surface area contributed by atoms with E-state index in [0.29, 0.717) is 5.56 Å². The molecule has 0 saturated heterocycles. The minimum Gasteiger partial charge on any atom is -0.456 e. The molecule has 0 fully saturated rings. The second kappa shape index (κ2) is 6.84. The van der Waals surface area contributed by atoms with Crippen molar-refractivity contribution in [3.63, 3.8) is 0 Å². The Morgan fingerprint density at radius 1 is 0.880 bits per heavy atom. The highest BCUT2D eigenvalue weighted by atomic mass is 127. The van der Waals surface area contributed by atoms with Crippen LogP contribution in [0.25, 0.3) is 22.3 Å². The van der Waals surface area contributed by atoms with Gasteiger partial charge < -0.3 is 4.42 Å². The van der Waals surface area contributed by atoms with Gasteiger partial charge in [0.05, 0.1) is 0 Å². The fourth-order valence-electron chi connectivity index (χ4n) is 2.95. The predicted molar refractivity (Wildman–Crippen MR) is 109 cm³/mol. The summed E-state index contributed by atoms with van der Waals surface area (Å²) in [6.07, 6.45) is 1.78. The summed E-state index contributed by atoms with van der Waals surface area (Å²) in [4.78, 5) is 11.0. The number of benzene rings is 3. The molecule has 122 valence electrons. The van der Waals surface area contributed by atoms with E-state index < -0.39 is 0 Å². The van der Waals surface area contributed by atoms with Crippen molar-refractivity contribution in [2.24, 2.45) is 0 Å². The first kappa shape index (κ1) is 16.1. The highest BCUT2D eigenvalue weighted by molar-refractivity contribution is 14.1. The van der Waals surface area contributed by atoms with E-state index in [4.69, 9.17) is 4.42 Å². The number of fused-ring (bicyclic) bond motifs is 1. The Bertz CT molecular complexity index is 1050. The highest BCUT2D eigenvalue weighted by Gasteiger charge is 2.09. The van der Waals surface area contributed by atoms with E-state index >= 15 is 0 Å². The van der Waals surface area contributed by atoms with Crippen LogP contribution in [0.5, 0.6) is 0 Å². The molecule has 2 nitrogen and oxygen atoms in total. The first-order chi connectivity index (χ1) is 12.2. The Kier molecular flexibility index (Phi) is 4.40. The molecule has 0 unspecified atom stereocenters. The molecule has 4 rings (SSSR count). The van der Waals surface area contributed by atoms with Crippen LogP contribution >= 0.6 is 22.6 Å². The van der Waals surface area contributed by atoms with E-state index in [9.17, 15) is 4.79 Å². The van der Waals surface area contributed by atoms with Gasteiger partial charge in [0.2, 0.25) is 0 Å². The largest absolute Gasteiger partial charge is 0.456 e. The summed E-state index contributed by atoms with van der Waals surface area (Å²) >= 11 is 2.18. The Labute approximate surface area is 159 Å². The summed E-state index contributed by atoms with van der Waals surface area (Å²) in [5, 5.41) is 1.10. The zero-order valence-corrected chi connectivity index (χ0v) is 15.6. The van der Waals surface area contributed by atoms with Crippen molar-refractivity contribution >= 4 is 39.8 Å². The van der Waals surface area contributed by atoms with Crippen LogP contribution in [-0.4, -0.2) is 6.29 Å². The SMILES string of the molecule is O=Cc1ccc(-c2cc3cc(Cc4ccccc4)ccc3o2)cc1I. The van der Waals surface area contributed by atoms with E-state index in [1.54, 1.807) is 0 Å². The molecule has 3 aromatic carbocycles. The molecular weight excluding hydrogens is 423 g/mol. The van der Waals surface area contributed by atoms with Crippen LogP contribution in [0.1, 0.15) is 21.5 Å². The van der Waals surface area contributed by atoms with Crippen molar-refractivity contribution < 1.29 is 9.21 Å². The number of hydrogen-bond donors (Lipinski definition) is 0. The van der Waals surface area contributed by atoms with Gasteiger partial charge in [-0.1, -0.05) is 42.5 Å². The molecule has 4 aromatic rings. The quantitative estimate of drug-likeness (QED) is 0.284. The molecule has 0 atom stereocenters. The fraction of sp³-hybridized carbons (Fsp3) is 0.0455. The zero-order chi connectivity index (χ0) is 17.2. The molecule has 3 heteroatoms. The maximum atomic E-state index is 11.0. The Morgan fingerprint density at radius 2 is 1.72 bits per heavy atom. The van der Waals surface area contributed by atoms with Crippen LogP contribution in [-0.2, 0) is 6.42 Å². The van der Waals surface area contributed by atoms with Gasteiger partial charge in [-0.15, -0.1) is 0 Å².